The van der Waals surface area contributed by atoms with Crippen LogP contribution in [0.15, 0.2) is 40.9 Å². The van der Waals surface area contributed by atoms with Crippen molar-refractivity contribution in [3.05, 3.63) is 55.6 Å². The van der Waals surface area contributed by atoms with Gasteiger partial charge in [-0.15, -0.1) is 0 Å². The molecule has 1 aliphatic carbocycles. The highest BCUT2D eigenvalue weighted by Crippen LogP contribution is 2.38. The molecule has 2 heteroatoms. The molecule has 2 aromatic rings. The molecule has 0 N–H and O–H groups in total. The van der Waals surface area contributed by atoms with Gasteiger partial charge in [-0.05, 0) is 75.5 Å². The minimum atomic E-state index is 1.08. The van der Waals surface area contributed by atoms with E-state index in [1.807, 2.05) is 0 Å². The predicted octanol–water partition coefficient (Wildman–Crippen LogP) is 4.62. The smallest absolute Gasteiger partial charge is 0.0181 e. The van der Waals surface area contributed by atoms with Crippen molar-refractivity contribution in [2.75, 3.05) is 0 Å². The molecule has 0 heterocycles. The first kappa shape index (κ1) is 9.85. The molecule has 0 amide bonds. The average Bonchev–Trinajstić information content (AvgIpc) is 2.56. The molecule has 1 aliphatic rings. The molecule has 3 rings (SSSR count). The van der Waals surface area contributed by atoms with E-state index in [-0.39, 0.29) is 0 Å². The van der Waals surface area contributed by atoms with Crippen molar-refractivity contribution in [2.45, 2.75) is 6.42 Å². The molecule has 0 bridgehead atoms. The van der Waals surface area contributed by atoms with Crippen molar-refractivity contribution in [1.82, 2.24) is 0 Å². The molecule has 0 aromatic heterocycles. The first-order valence-corrected chi connectivity index (χ1v) is 6.68. The highest BCUT2D eigenvalue weighted by Gasteiger charge is 2.18. The van der Waals surface area contributed by atoms with Crippen LogP contribution >= 0.6 is 38.5 Å². The van der Waals surface area contributed by atoms with E-state index < -0.39 is 0 Å². The van der Waals surface area contributed by atoms with Crippen molar-refractivity contribution in [2.24, 2.45) is 0 Å². The molecular weight excluding hydrogens is 363 g/mol. The zero-order valence-electron chi connectivity index (χ0n) is 7.93. The molecule has 74 valence electrons. The molecule has 0 saturated carbocycles. The molecule has 0 saturated heterocycles. The molecule has 0 aliphatic heterocycles. The molecule has 15 heavy (non-hydrogen) atoms. The Bertz CT molecular complexity index is 497. The van der Waals surface area contributed by atoms with Crippen LogP contribution in [0.25, 0.3) is 11.1 Å². The summed E-state index contributed by atoms with van der Waals surface area (Å²) in [6.07, 6.45) is 1.08. The van der Waals surface area contributed by atoms with E-state index in [4.69, 9.17) is 0 Å². The van der Waals surface area contributed by atoms with E-state index in [1.165, 1.54) is 25.8 Å². The minimum absolute atomic E-state index is 1.08. The van der Waals surface area contributed by atoms with Crippen molar-refractivity contribution < 1.29 is 0 Å². The second kappa shape index (κ2) is 3.59. The maximum absolute atomic E-state index is 3.53. The summed E-state index contributed by atoms with van der Waals surface area (Å²) < 4.78 is 2.46. The lowest BCUT2D eigenvalue weighted by molar-refractivity contribution is 1.26. The SMILES string of the molecule is Brc1ccc2c(c1)-c1cc(I)ccc1C2. The largest absolute Gasteiger partial charge is 0.0570 e. The fraction of sp³-hybridized carbons (Fsp3) is 0.0769. The van der Waals surface area contributed by atoms with Gasteiger partial charge < -0.3 is 0 Å². The summed E-state index contributed by atoms with van der Waals surface area (Å²) in [6, 6.07) is 13.2. The average molecular weight is 371 g/mol. The number of halogens is 2. The molecule has 0 fully saturated rings. The van der Waals surface area contributed by atoms with Crippen LogP contribution in [0.3, 0.4) is 0 Å². The fourth-order valence-corrected chi connectivity index (χ4v) is 2.96. The Hall–Kier alpha value is -0.350. The van der Waals surface area contributed by atoms with Gasteiger partial charge in [0, 0.05) is 8.04 Å². The van der Waals surface area contributed by atoms with E-state index in [9.17, 15) is 0 Å². The molecule has 0 atom stereocenters. The lowest BCUT2D eigenvalue weighted by atomic mass is 10.1. The van der Waals surface area contributed by atoms with Crippen LogP contribution in [0.4, 0.5) is 0 Å². The van der Waals surface area contributed by atoms with Gasteiger partial charge in [0.05, 0.1) is 0 Å². The third-order valence-corrected chi connectivity index (χ3v) is 3.98. The van der Waals surface area contributed by atoms with Gasteiger partial charge in [0.2, 0.25) is 0 Å². The van der Waals surface area contributed by atoms with Gasteiger partial charge in [-0.3, -0.25) is 0 Å². The third kappa shape index (κ3) is 1.64. The summed E-state index contributed by atoms with van der Waals surface area (Å²) in [6.45, 7) is 0. The lowest BCUT2D eigenvalue weighted by Crippen LogP contribution is -1.79. The Morgan fingerprint density at radius 2 is 1.60 bits per heavy atom. The highest BCUT2D eigenvalue weighted by molar-refractivity contribution is 14.1. The summed E-state index contributed by atoms with van der Waals surface area (Å²) in [5.74, 6) is 0. The molecule has 0 nitrogen and oxygen atoms in total. The monoisotopic (exact) mass is 370 g/mol. The normalized spacial score (nSPS) is 12.4. The zero-order chi connectivity index (χ0) is 10.4. The van der Waals surface area contributed by atoms with Crippen LogP contribution in [0.5, 0.6) is 0 Å². The van der Waals surface area contributed by atoms with Gasteiger partial charge in [0.1, 0.15) is 0 Å². The second-order valence-electron chi connectivity index (χ2n) is 3.78. The maximum atomic E-state index is 3.53. The number of rotatable bonds is 0. The van der Waals surface area contributed by atoms with E-state index in [1.54, 1.807) is 0 Å². The molecular formula is C13H8BrI. The first-order chi connectivity index (χ1) is 7.24. The summed E-state index contributed by atoms with van der Waals surface area (Å²) in [5, 5.41) is 0. The summed E-state index contributed by atoms with van der Waals surface area (Å²) in [4.78, 5) is 0. The number of hydrogen-bond donors (Lipinski definition) is 0. The van der Waals surface area contributed by atoms with Gasteiger partial charge in [0.25, 0.3) is 0 Å². The molecule has 0 unspecified atom stereocenters. The van der Waals surface area contributed by atoms with E-state index in [0.717, 1.165) is 10.9 Å². The zero-order valence-corrected chi connectivity index (χ0v) is 11.7. The Morgan fingerprint density at radius 1 is 0.933 bits per heavy atom. The summed E-state index contributed by atoms with van der Waals surface area (Å²) in [5.41, 5.74) is 5.68. The molecule has 2 aromatic carbocycles. The highest BCUT2D eigenvalue weighted by atomic mass is 127. The van der Waals surface area contributed by atoms with E-state index in [0.29, 0.717) is 0 Å². The van der Waals surface area contributed by atoms with Gasteiger partial charge in [-0.25, -0.2) is 0 Å². The lowest BCUT2D eigenvalue weighted by Gasteiger charge is -2.01. The predicted molar refractivity (Wildman–Crippen MR) is 75.1 cm³/mol. The standard InChI is InChI=1S/C13H8BrI/c14-10-3-1-8-5-9-2-4-11(15)7-13(9)12(8)6-10/h1-4,6-7H,5H2. The molecule has 0 spiro atoms. The first-order valence-electron chi connectivity index (χ1n) is 4.81. The van der Waals surface area contributed by atoms with Crippen LogP contribution < -0.4 is 0 Å². The van der Waals surface area contributed by atoms with Crippen LogP contribution in [0.2, 0.25) is 0 Å². The van der Waals surface area contributed by atoms with Gasteiger partial charge in [0.15, 0.2) is 0 Å². The van der Waals surface area contributed by atoms with Crippen LogP contribution in [0, 0.1) is 3.57 Å². The van der Waals surface area contributed by atoms with Crippen LogP contribution in [-0.4, -0.2) is 0 Å². The van der Waals surface area contributed by atoms with E-state index in [2.05, 4.69) is 74.9 Å². The topological polar surface area (TPSA) is 0 Å². The number of benzene rings is 2. The Balaban J connectivity index is 2.28. The van der Waals surface area contributed by atoms with Gasteiger partial charge in [-0.1, -0.05) is 28.1 Å². The fourth-order valence-electron chi connectivity index (χ4n) is 2.11. The van der Waals surface area contributed by atoms with Crippen molar-refractivity contribution in [3.63, 3.8) is 0 Å². The second-order valence-corrected chi connectivity index (χ2v) is 5.94. The van der Waals surface area contributed by atoms with Crippen LogP contribution in [-0.2, 0) is 6.42 Å². The number of fused-ring (bicyclic) bond motifs is 3. The van der Waals surface area contributed by atoms with Gasteiger partial charge >= 0.3 is 0 Å². The van der Waals surface area contributed by atoms with E-state index >= 15 is 0 Å². The summed E-state index contributed by atoms with van der Waals surface area (Å²) in [7, 11) is 0. The van der Waals surface area contributed by atoms with Crippen molar-refractivity contribution in [3.8, 4) is 11.1 Å². The minimum Gasteiger partial charge on any atom is -0.0570 e. The Kier molecular flexibility index (Phi) is 2.36. The van der Waals surface area contributed by atoms with Gasteiger partial charge in [-0.2, -0.15) is 0 Å². The Labute approximate surface area is 111 Å². The quantitative estimate of drug-likeness (QED) is 0.506. The van der Waals surface area contributed by atoms with Crippen molar-refractivity contribution in [1.29, 1.82) is 0 Å². The van der Waals surface area contributed by atoms with Crippen LogP contribution in [0.1, 0.15) is 11.1 Å². The number of hydrogen-bond acceptors (Lipinski definition) is 0. The Morgan fingerprint density at radius 3 is 2.40 bits per heavy atom. The maximum Gasteiger partial charge on any atom is 0.0181 e. The third-order valence-electron chi connectivity index (χ3n) is 2.81. The molecule has 0 radical (unpaired) electrons. The van der Waals surface area contributed by atoms with Crippen molar-refractivity contribution >= 4 is 38.5 Å². The summed E-state index contributed by atoms with van der Waals surface area (Å²) >= 11 is 5.90.